The third kappa shape index (κ3) is 2.60. The van der Waals surface area contributed by atoms with Crippen molar-refractivity contribution >= 4 is 42.5 Å². The molecule has 0 N–H and O–H groups in total. The van der Waals surface area contributed by atoms with Gasteiger partial charge in [0.1, 0.15) is 5.82 Å². The SMILES string of the molecule is O=S1(=O)CCN(c2ccc3cccc(Br)c3n2)CC1. The molecule has 1 aromatic carbocycles. The van der Waals surface area contributed by atoms with Crippen LogP contribution in [-0.4, -0.2) is 38.0 Å². The summed E-state index contributed by atoms with van der Waals surface area (Å²) >= 11 is 3.50. The number of benzene rings is 1. The Labute approximate surface area is 120 Å². The lowest BCUT2D eigenvalue weighted by molar-refractivity contribution is 0.586. The number of pyridine rings is 1. The Morgan fingerprint density at radius 3 is 2.58 bits per heavy atom. The summed E-state index contributed by atoms with van der Waals surface area (Å²) in [5, 5.41) is 1.07. The van der Waals surface area contributed by atoms with Gasteiger partial charge in [0.2, 0.25) is 0 Å². The molecule has 0 atom stereocenters. The van der Waals surface area contributed by atoms with Crippen molar-refractivity contribution in [2.75, 3.05) is 29.5 Å². The van der Waals surface area contributed by atoms with Crippen molar-refractivity contribution in [1.82, 2.24) is 4.98 Å². The van der Waals surface area contributed by atoms with E-state index >= 15 is 0 Å². The number of aromatic nitrogens is 1. The summed E-state index contributed by atoms with van der Waals surface area (Å²) in [4.78, 5) is 6.66. The van der Waals surface area contributed by atoms with Gasteiger partial charge in [-0.05, 0) is 34.1 Å². The lowest BCUT2D eigenvalue weighted by atomic mass is 10.2. The van der Waals surface area contributed by atoms with Crippen LogP contribution in [0.5, 0.6) is 0 Å². The van der Waals surface area contributed by atoms with Gasteiger partial charge in [-0.15, -0.1) is 0 Å². The minimum atomic E-state index is -2.85. The van der Waals surface area contributed by atoms with Crippen molar-refractivity contribution in [1.29, 1.82) is 0 Å². The molecule has 0 spiro atoms. The molecule has 1 aliphatic heterocycles. The van der Waals surface area contributed by atoms with Crippen LogP contribution < -0.4 is 4.90 Å². The van der Waals surface area contributed by atoms with E-state index in [2.05, 4.69) is 20.9 Å². The van der Waals surface area contributed by atoms with Crippen LogP contribution in [0.4, 0.5) is 5.82 Å². The van der Waals surface area contributed by atoms with Gasteiger partial charge in [-0.1, -0.05) is 12.1 Å². The maximum absolute atomic E-state index is 11.4. The van der Waals surface area contributed by atoms with Crippen LogP contribution in [-0.2, 0) is 9.84 Å². The van der Waals surface area contributed by atoms with Gasteiger partial charge >= 0.3 is 0 Å². The molecule has 0 aliphatic carbocycles. The van der Waals surface area contributed by atoms with E-state index in [0.29, 0.717) is 13.1 Å². The predicted octanol–water partition coefficient (Wildman–Crippen LogP) is 2.23. The van der Waals surface area contributed by atoms with E-state index in [-0.39, 0.29) is 11.5 Å². The average molecular weight is 341 g/mol. The van der Waals surface area contributed by atoms with Crippen LogP contribution in [0.1, 0.15) is 0 Å². The Morgan fingerprint density at radius 2 is 1.84 bits per heavy atom. The van der Waals surface area contributed by atoms with E-state index in [1.807, 2.05) is 35.2 Å². The average Bonchev–Trinajstić information content (AvgIpc) is 2.39. The van der Waals surface area contributed by atoms with Crippen molar-refractivity contribution in [3.63, 3.8) is 0 Å². The van der Waals surface area contributed by atoms with Crippen molar-refractivity contribution in [3.8, 4) is 0 Å². The van der Waals surface area contributed by atoms with Gasteiger partial charge in [-0.3, -0.25) is 0 Å². The Balaban J connectivity index is 1.96. The molecule has 2 aromatic rings. The highest BCUT2D eigenvalue weighted by Gasteiger charge is 2.22. The van der Waals surface area contributed by atoms with Crippen LogP contribution in [0, 0.1) is 0 Å². The molecule has 0 amide bonds. The predicted molar refractivity (Wildman–Crippen MR) is 80.3 cm³/mol. The lowest BCUT2D eigenvalue weighted by Gasteiger charge is -2.27. The zero-order valence-corrected chi connectivity index (χ0v) is 12.6. The molecule has 19 heavy (non-hydrogen) atoms. The second kappa shape index (κ2) is 4.76. The number of hydrogen-bond donors (Lipinski definition) is 0. The first kappa shape index (κ1) is 12.9. The number of hydrogen-bond acceptors (Lipinski definition) is 4. The van der Waals surface area contributed by atoms with Crippen LogP contribution in [0.25, 0.3) is 10.9 Å². The molecular formula is C13H13BrN2O2S. The molecule has 100 valence electrons. The number of sulfone groups is 1. The van der Waals surface area contributed by atoms with Gasteiger partial charge in [-0.25, -0.2) is 13.4 Å². The highest BCUT2D eigenvalue weighted by Crippen LogP contribution is 2.25. The summed E-state index contributed by atoms with van der Waals surface area (Å²) < 4.78 is 23.8. The van der Waals surface area contributed by atoms with E-state index in [9.17, 15) is 8.42 Å². The molecule has 2 heterocycles. The monoisotopic (exact) mass is 340 g/mol. The molecule has 0 bridgehead atoms. The summed E-state index contributed by atoms with van der Waals surface area (Å²) in [6, 6.07) is 9.91. The molecule has 1 saturated heterocycles. The summed E-state index contributed by atoms with van der Waals surface area (Å²) in [5.74, 6) is 1.26. The van der Waals surface area contributed by atoms with Gasteiger partial charge in [0, 0.05) is 22.9 Å². The molecule has 1 fully saturated rings. The fraction of sp³-hybridized carbons (Fsp3) is 0.308. The molecule has 0 radical (unpaired) electrons. The van der Waals surface area contributed by atoms with Gasteiger partial charge in [0.15, 0.2) is 9.84 Å². The van der Waals surface area contributed by atoms with E-state index in [1.54, 1.807) is 0 Å². The topological polar surface area (TPSA) is 50.3 Å². The van der Waals surface area contributed by atoms with Gasteiger partial charge in [-0.2, -0.15) is 0 Å². The standard InChI is InChI=1S/C13H13BrN2O2S/c14-11-3-1-2-10-4-5-12(15-13(10)11)16-6-8-19(17,18)9-7-16/h1-5H,6-9H2. The first-order chi connectivity index (χ1) is 9.05. The van der Waals surface area contributed by atoms with E-state index in [0.717, 1.165) is 21.2 Å². The van der Waals surface area contributed by atoms with E-state index in [4.69, 9.17) is 0 Å². The molecule has 4 nitrogen and oxygen atoms in total. The van der Waals surface area contributed by atoms with Gasteiger partial charge in [0.25, 0.3) is 0 Å². The van der Waals surface area contributed by atoms with Crippen LogP contribution in [0.15, 0.2) is 34.8 Å². The maximum atomic E-state index is 11.4. The van der Waals surface area contributed by atoms with Crippen LogP contribution >= 0.6 is 15.9 Å². The number of anilines is 1. The Hall–Kier alpha value is -1.14. The summed E-state index contributed by atoms with van der Waals surface area (Å²) in [6.45, 7) is 1.04. The third-order valence-corrected chi connectivity index (χ3v) is 5.57. The van der Waals surface area contributed by atoms with Crippen LogP contribution in [0.2, 0.25) is 0 Å². The van der Waals surface area contributed by atoms with Gasteiger partial charge in [0.05, 0.1) is 17.0 Å². The second-order valence-corrected chi connectivity index (χ2v) is 7.78. The summed E-state index contributed by atoms with van der Waals surface area (Å²) in [7, 11) is -2.85. The number of rotatable bonds is 1. The molecule has 6 heteroatoms. The number of fused-ring (bicyclic) bond motifs is 1. The smallest absolute Gasteiger partial charge is 0.153 e. The maximum Gasteiger partial charge on any atom is 0.153 e. The summed E-state index contributed by atoms with van der Waals surface area (Å²) in [6.07, 6.45) is 0. The fourth-order valence-electron chi connectivity index (χ4n) is 2.22. The lowest BCUT2D eigenvalue weighted by Crippen LogP contribution is -2.40. The zero-order valence-electron chi connectivity index (χ0n) is 10.2. The number of para-hydroxylation sites is 1. The normalized spacial score (nSPS) is 18.7. The summed E-state index contributed by atoms with van der Waals surface area (Å²) in [5.41, 5.74) is 0.911. The Morgan fingerprint density at radius 1 is 1.11 bits per heavy atom. The molecule has 0 saturated carbocycles. The molecule has 0 unspecified atom stereocenters. The van der Waals surface area contributed by atoms with E-state index in [1.165, 1.54) is 0 Å². The Bertz CT molecular complexity index is 717. The molecular weight excluding hydrogens is 328 g/mol. The second-order valence-electron chi connectivity index (χ2n) is 4.62. The first-order valence-electron chi connectivity index (χ1n) is 6.06. The number of halogens is 1. The molecule has 1 aromatic heterocycles. The van der Waals surface area contributed by atoms with Crippen LogP contribution in [0.3, 0.4) is 0 Å². The van der Waals surface area contributed by atoms with E-state index < -0.39 is 9.84 Å². The quantitative estimate of drug-likeness (QED) is 0.798. The molecule has 3 rings (SSSR count). The fourth-order valence-corrected chi connectivity index (χ4v) is 3.89. The first-order valence-corrected chi connectivity index (χ1v) is 8.67. The van der Waals surface area contributed by atoms with Gasteiger partial charge < -0.3 is 4.90 Å². The molecule has 1 aliphatic rings. The number of nitrogens with zero attached hydrogens (tertiary/aromatic N) is 2. The highest BCUT2D eigenvalue weighted by atomic mass is 79.9. The largest absolute Gasteiger partial charge is 0.355 e. The van der Waals surface area contributed by atoms with Crippen molar-refractivity contribution in [2.24, 2.45) is 0 Å². The highest BCUT2D eigenvalue weighted by molar-refractivity contribution is 9.10. The Kier molecular flexibility index (Phi) is 3.22. The van der Waals surface area contributed by atoms with Crippen molar-refractivity contribution in [3.05, 3.63) is 34.8 Å². The minimum absolute atomic E-state index is 0.211. The van der Waals surface area contributed by atoms with Crippen molar-refractivity contribution < 1.29 is 8.42 Å². The minimum Gasteiger partial charge on any atom is -0.355 e. The zero-order chi connectivity index (χ0) is 13.5. The third-order valence-electron chi connectivity index (χ3n) is 3.32. The van der Waals surface area contributed by atoms with Crippen molar-refractivity contribution in [2.45, 2.75) is 0 Å².